The van der Waals surface area contributed by atoms with Gasteiger partial charge in [-0.25, -0.2) is 13.1 Å². The van der Waals surface area contributed by atoms with Gasteiger partial charge in [0.2, 0.25) is 10.0 Å². The van der Waals surface area contributed by atoms with E-state index < -0.39 is 10.0 Å². The Bertz CT molecular complexity index is 674. The highest BCUT2D eigenvalue weighted by Gasteiger charge is 2.11. The fraction of sp³-hybridized carbons (Fsp3) is 0.562. The molecule has 0 bridgehead atoms. The molecule has 7 nitrogen and oxygen atoms in total. The first-order chi connectivity index (χ1) is 11.5. The SMILES string of the molecule is CN=C(NCCCNS(C)(=O)=O)NCCc1ccc2c(c1)CCO2. The Labute approximate surface area is 143 Å². The van der Waals surface area contributed by atoms with Crippen molar-refractivity contribution >= 4 is 16.0 Å². The second-order valence-electron chi connectivity index (χ2n) is 5.74. The number of nitrogens with zero attached hydrogens (tertiary/aromatic N) is 1. The number of nitrogens with one attached hydrogen (secondary N) is 3. The highest BCUT2D eigenvalue weighted by molar-refractivity contribution is 7.88. The number of hydrogen-bond donors (Lipinski definition) is 3. The highest BCUT2D eigenvalue weighted by Crippen LogP contribution is 2.25. The predicted octanol–water partition coefficient (Wildman–Crippen LogP) is 0.268. The van der Waals surface area contributed by atoms with Crippen molar-refractivity contribution in [3.8, 4) is 5.75 Å². The smallest absolute Gasteiger partial charge is 0.208 e. The van der Waals surface area contributed by atoms with Crippen LogP contribution in [0.3, 0.4) is 0 Å². The monoisotopic (exact) mass is 354 g/mol. The van der Waals surface area contributed by atoms with Gasteiger partial charge in [-0.2, -0.15) is 0 Å². The standard InChI is InChI=1S/C16H26N4O3S/c1-17-16(18-8-3-9-20-24(2,21)22)19-10-6-13-4-5-15-14(12-13)7-11-23-15/h4-5,12,20H,3,6-11H2,1-2H3,(H2,17,18,19). The molecule has 134 valence electrons. The summed E-state index contributed by atoms with van der Waals surface area (Å²) in [6.07, 6.45) is 3.75. The molecule has 0 aromatic heterocycles. The molecule has 8 heteroatoms. The fourth-order valence-electron chi connectivity index (χ4n) is 2.49. The third kappa shape index (κ3) is 6.37. The topological polar surface area (TPSA) is 91.8 Å². The Kier molecular flexibility index (Phi) is 6.86. The van der Waals surface area contributed by atoms with E-state index in [0.717, 1.165) is 44.0 Å². The molecule has 0 radical (unpaired) electrons. The number of guanidine groups is 1. The number of hydrogen-bond acceptors (Lipinski definition) is 4. The molecule has 1 aromatic carbocycles. The first-order valence-electron chi connectivity index (χ1n) is 8.12. The molecule has 0 unspecified atom stereocenters. The van der Waals surface area contributed by atoms with E-state index >= 15 is 0 Å². The summed E-state index contributed by atoms with van der Waals surface area (Å²) in [5.41, 5.74) is 2.56. The van der Waals surface area contributed by atoms with Crippen LogP contribution in [0.4, 0.5) is 0 Å². The molecule has 2 rings (SSSR count). The van der Waals surface area contributed by atoms with Crippen LogP contribution < -0.4 is 20.1 Å². The molecule has 0 fully saturated rings. The maximum atomic E-state index is 11.0. The average molecular weight is 354 g/mol. The first kappa shape index (κ1) is 18.5. The summed E-state index contributed by atoms with van der Waals surface area (Å²) in [5.74, 6) is 1.73. The van der Waals surface area contributed by atoms with Gasteiger partial charge < -0.3 is 15.4 Å². The molecule has 0 spiro atoms. The quantitative estimate of drug-likeness (QED) is 0.354. The first-order valence-corrected chi connectivity index (χ1v) is 10.0. The van der Waals surface area contributed by atoms with E-state index in [-0.39, 0.29) is 0 Å². The molecule has 1 aliphatic rings. The van der Waals surface area contributed by atoms with Crippen LogP contribution in [0.15, 0.2) is 23.2 Å². The van der Waals surface area contributed by atoms with Gasteiger partial charge in [-0.05, 0) is 30.0 Å². The maximum Gasteiger partial charge on any atom is 0.208 e. The number of sulfonamides is 1. The number of fused-ring (bicyclic) bond motifs is 1. The van der Waals surface area contributed by atoms with Crippen molar-refractivity contribution in [2.45, 2.75) is 19.3 Å². The van der Waals surface area contributed by atoms with Crippen molar-refractivity contribution in [3.63, 3.8) is 0 Å². The van der Waals surface area contributed by atoms with E-state index in [1.807, 2.05) is 6.07 Å². The van der Waals surface area contributed by atoms with Crippen molar-refractivity contribution in [2.24, 2.45) is 4.99 Å². The Hall–Kier alpha value is -1.80. The summed E-state index contributed by atoms with van der Waals surface area (Å²) in [7, 11) is -1.39. The summed E-state index contributed by atoms with van der Waals surface area (Å²) in [6.45, 7) is 2.63. The molecule has 0 atom stereocenters. The van der Waals surface area contributed by atoms with Crippen molar-refractivity contribution in [1.29, 1.82) is 0 Å². The lowest BCUT2D eigenvalue weighted by Crippen LogP contribution is -2.39. The molecule has 0 saturated heterocycles. The second-order valence-corrected chi connectivity index (χ2v) is 7.57. The van der Waals surface area contributed by atoms with Crippen LogP contribution >= 0.6 is 0 Å². The van der Waals surface area contributed by atoms with E-state index in [1.54, 1.807) is 7.05 Å². The molecular weight excluding hydrogens is 328 g/mol. The zero-order valence-corrected chi connectivity index (χ0v) is 15.1. The maximum absolute atomic E-state index is 11.0. The number of ether oxygens (including phenoxy) is 1. The van der Waals surface area contributed by atoms with E-state index in [1.165, 1.54) is 11.1 Å². The van der Waals surface area contributed by atoms with Crippen LogP contribution in [0.1, 0.15) is 17.5 Å². The normalized spacial score (nSPS) is 14.2. The van der Waals surface area contributed by atoms with Crippen LogP contribution in [0.2, 0.25) is 0 Å². The van der Waals surface area contributed by atoms with Gasteiger partial charge in [0.05, 0.1) is 12.9 Å². The summed E-state index contributed by atoms with van der Waals surface area (Å²) < 4.78 is 29.9. The lowest BCUT2D eigenvalue weighted by atomic mass is 10.1. The molecular formula is C16H26N4O3S. The minimum Gasteiger partial charge on any atom is -0.493 e. The van der Waals surface area contributed by atoms with Gasteiger partial charge in [0.15, 0.2) is 5.96 Å². The van der Waals surface area contributed by atoms with Gasteiger partial charge in [-0.3, -0.25) is 4.99 Å². The van der Waals surface area contributed by atoms with Crippen LogP contribution in [0, 0.1) is 0 Å². The van der Waals surface area contributed by atoms with Gasteiger partial charge in [-0.15, -0.1) is 0 Å². The van der Waals surface area contributed by atoms with Crippen LogP contribution in [0.25, 0.3) is 0 Å². The summed E-state index contributed by atoms with van der Waals surface area (Å²) in [5, 5.41) is 6.43. The third-order valence-corrected chi connectivity index (χ3v) is 4.42. The zero-order valence-electron chi connectivity index (χ0n) is 14.3. The lowest BCUT2D eigenvalue weighted by molar-refractivity contribution is 0.357. The molecule has 24 heavy (non-hydrogen) atoms. The van der Waals surface area contributed by atoms with Gasteiger partial charge in [0.25, 0.3) is 0 Å². The van der Waals surface area contributed by atoms with E-state index in [0.29, 0.717) is 19.5 Å². The zero-order chi connectivity index (χ0) is 17.4. The Morgan fingerprint density at radius 2 is 2.04 bits per heavy atom. The molecule has 3 N–H and O–H groups in total. The molecule has 0 saturated carbocycles. The van der Waals surface area contributed by atoms with Crippen LogP contribution in [-0.4, -0.2) is 53.9 Å². The van der Waals surface area contributed by atoms with Crippen LogP contribution in [0.5, 0.6) is 5.75 Å². The average Bonchev–Trinajstić information content (AvgIpc) is 2.99. The van der Waals surface area contributed by atoms with E-state index in [2.05, 4.69) is 32.5 Å². The van der Waals surface area contributed by atoms with Gasteiger partial charge in [-0.1, -0.05) is 12.1 Å². The second kappa shape index (κ2) is 8.89. The number of rotatable bonds is 8. The number of benzene rings is 1. The van der Waals surface area contributed by atoms with Crippen LogP contribution in [-0.2, 0) is 22.9 Å². The highest BCUT2D eigenvalue weighted by atomic mass is 32.2. The summed E-state index contributed by atoms with van der Waals surface area (Å²) >= 11 is 0. The molecule has 1 aromatic rings. The van der Waals surface area contributed by atoms with E-state index in [4.69, 9.17) is 4.74 Å². The largest absolute Gasteiger partial charge is 0.493 e. The Balaban J connectivity index is 1.65. The van der Waals surface area contributed by atoms with E-state index in [9.17, 15) is 8.42 Å². The minimum atomic E-state index is -3.11. The third-order valence-electron chi connectivity index (χ3n) is 3.69. The van der Waals surface area contributed by atoms with Crippen molar-refractivity contribution in [1.82, 2.24) is 15.4 Å². The molecule has 0 aliphatic carbocycles. The lowest BCUT2D eigenvalue weighted by Gasteiger charge is -2.12. The Morgan fingerprint density at radius 3 is 2.79 bits per heavy atom. The minimum absolute atomic E-state index is 0.417. The van der Waals surface area contributed by atoms with Gasteiger partial charge >= 0.3 is 0 Å². The molecule has 1 aliphatic heterocycles. The number of aliphatic imine (C=N–C) groups is 1. The van der Waals surface area contributed by atoms with Crippen molar-refractivity contribution < 1.29 is 13.2 Å². The summed E-state index contributed by atoms with van der Waals surface area (Å²) in [6, 6.07) is 6.34. The Morgan fingerprint density at radius 1 is 1.25 bits per heavy atom. The van der Waals surface area contributed by atoms with Gasteiger partial charge in [0.1, 0.15) is 5.75 Å². The fourth-order valence-corrected chi connectivity index (χ4v) is 3.01. The van der Waals surface area contributed by atoms with Crippen molar-refractivity contribution in [2.75, 3.05) is 39.5 Å². The molecule has 1 heterocycles. The van der Waals surface area contributed by atoms with Gasteiger partial charge in [0, 0.05) is 33.1 Å². The summed E-state index contributed by atoms with van der Waals surface area (Å²) in [4.78, 5) is 4.16. The van der Waals surface area contributed by atoms with Crippen molar-refractivity contribution in [3.05, 3.63) is 29.3 Å². The predicted molar refractivity (Wildman–Crippen MR) is 96.2 cm³/mol. The molecule has 0 amide bonds.